The normalized spacial score (nSPS) is 11.8. The second-order valence-electron chi connectivity index (χ2n) is 5.81. The predicted molar refractivity (Wildman–Crippen MR) is 98.3 cm³/mol. The largest absolute Gasteiger partial charge is 0.344 e. The van der Waals surface area contributed by atoms with E-state index in [9.17, 15) is 9.59 Å². The lowest BCUT2D eigenvalue weighted by Gasteiger charge is -2.24. The fraction of sp³-hybridized carbons (Fsp3) is 0.368. The van der Waals surface area contributed by atoms with Gasteiger partial charge in [-0.15, -0.1) is 11.3 Å². The maximum absolute atomic E-state index is 12.8. The molecular formula is C19H24N2O2S. The quantitative estimate of drug-likeness (QED) is 0.798. The van der Waals surface area contributed by atoms with Gasteiger partial charge in [0.25, 0.3) is 5.91 Å². The molecule has 0 saturated heterocycles. The zero-order valence-electron chi connectivity index (χ0n) is 14.2. The van der Waals surface area contributed by atoms with E-state index in [-0.39, 0.29) is 11.8 Å². The van der Waals surface area contributed by atoms with Gasteiger partial charge in [0.05, 0.1) is 4.88 Å². The van der Waals surface area contributed by atoms with Gasteiger partial charge >= 0.3 is 0 Å². The Kier molecular flexibility index (Phi) is 7.00. The molecule has 0 spiro atoms. The number of hydrogen-bond donors (Lipinski definition) is 1. The Bertz CT molecular complexity index is 641. The van der Waals surface area contributed by atoms with Crippen LogP contribution >= 0.6 is 11.3 Å². The minimum Gasteiger partial charge on any atom is -0.344 e. The average molecular weight is 344 g/mol. The highest BCUT2D eigenvalue weighted by Gasteiger charge is 2.24. The Morgan fingerprint density at radius 3 is 2.54 bits per heavy atom. The lowest BCUT2D eigenvalue weighted by Crippen LogP contribution is -2.48. The molecule has 2 amide bonds. The van der Waals surface area contributed by atoms with Crippen LogP contribution in [0.3, 0.4) is 0 Å². The highest BCUT2D eigenvalue weighted by Crippen LogP contribution is 2.11. The Morgan fingerprint density at radius 2 is 1.92 bits per heavy atom. The summed E-state index contributed by atoms with van der Waals surface area (Å²) in [4.78, 5) is 27.5. The van der Waals surface area contributed by atoms with Crippen molar-refractivity contribution in [3.63, 3.8) is 0 Å². The summed E-state index contributed by atoms with van der Waals surface area (Å²) >= 11 is 1.38. The van der Waals surface area contributed by atoms with Crippen molar-refractivity contribution in [2.45, 2.75) is 32.2 Å². The van der Waals surface area contributed by atoms with Crippen LogP contribution in [0.15, 0.2) is 47.8 Å². The van der Waals surface area contributed by atoms with Gasteiger partial charge in [0.15, 0.2) is 0 Å². The summed E-state index contributed by atoms with van der Waals surface area (Å²) in [6.07, 6.45) is 2.48. The van der Waals surface area contributed by atoms with E-state index in [0.29, 0.717) is 17.8 Å². The molecule has 5 heteroatoms. The molecule has 0 bridgehead atoms. The molecule has 1 unspecified atom stereocenters. The first-order valence-corrected chi connectivity index (χ1v) is 9.13. The second kappa shape index (κ2) is 9.23. The summed E-state index contributed by atoms with van der Waals surface area (Å²) in [5.74, 6) is -0.236. The summed E-state index contributed by atoms with van der Waals surface area (Å²) < 4.78 is 0. The molecule has 2 rings (SSSR count). The van der Waals surface area contributed by atoms with Crippen molar-refractivity contribution in [2.24, 2.45) is 0 Å². The highest BCUT2D eigenvalue weighted by atomic mass is 32.1. The number of likely N-dealkylation sites (N-methyl/N-ethyl adjacent to an activating group) is 1. The molecule has 2 aromatic rings. The summed E-state index contributed by atoms with van der Waals surface area (Å²) in [6, 6.07) is 12.8. The zero-order valence-corrected chi connectivity index (χ0v) is 15.0. The molecule has 128 valence electrons. The zero-order chi connectivity index (χ0) is 17.4. The highest BCUT2D eigenvalue weighted by molar-refractivity contribution is 7.12. The van der Waals surface area contributed by atoms with Crippen molar-refractivity contribution in [1.82, 2.24) is 10.2 Å². The van der Waals surface area contributed by atoms with Gasteiger partial charge in [-0.05, 0) is 23.4 Å². The monoisotopic (exact) mass is 344 g/mol. The first-order chi connectivity index (χ1) is 11.6. The maximum Gasteiger partial charge on any atom is 0.262 e. The molecule has 1 heterocycles. The van der Waals surface area contributed by atoms with Crippen LogP contribution < -0.4 is 5.32 Å². The first kappa shape index (κ1) is 18.2. The predicted octanol–water partition coefficient (Wildman–Crippen LogP) is 3.35. The molecule has 1 N–H and O–H groups in total. The van der Waals surface area contributed by atoms with Gasteiger partial charge in [-0.3, -0.25) is 9.59 Å². The van der Waals surface area contributed by atoms with Gasteiger partial charge in [-0.1, -0.05) is 49.7 Å². The molecular weight excluding hydrogens is 320 g/mol. The number of unbranched alkanes of at least 4 members (excludes halogenated alkanes) is 1. The Balaban J connectivity index is 2.11. The van der Waals surface area contributed by atoms with E-state index in [1.54, 1.807) is 18.0 Å². The van der Waals surface area contributed by atoms with Crippen LogP contribution in [0.2, 0.25) is 0 Å². The van der Waals surface area contributed by atoms with E-state index < -0.39 is 6.04 Å². The van der Waals surface area contributed by atoms with Crippen LogP contribution in [-0.4, -0.2) is 36.3 Å². The fourth-order valence-electron chi connectivity index (χ4n) is 2.46. The van der Waals surface area contributed by atoms with E-state index in [2.05, 4.69) is 12.2 Å². The average Bonchev–Trinajstić information content (AvgIpc) is 3.14. The third-order valence-corrected chi connectivity index (χ3v) is 4.72. The first-order valence-electron chi connectivity index (χ1n) is 8.25. The van der Waals surface area contributed by atoms with Crippen molar-refractivity contribution in [1.29, 1.82) is 0 Å². The number of nitrogens with zero attached hydrogens (tertiary/aromatic N) is 1. The van der Waals surface area contributed by atoms with E-state index in [1.165, 1.54) is 11.3 Å². The van der Waals surface area contributed by atoms with Crippen molar-refractivity contribution < 1.29 is 9.59 Å². The van der Waals surface area contributed by atoms with Gasteiger partial charge in [0.1, 0.15) is 6.04 Å². The van der Waals surface area contributed by atoms with Gasteiger partial charge in [-0.25, -0.2) is 0 Å². The Hall–Kier alpha value is -2.14. The van der Waals surface area contributed by atoms with Gasteiger partial charge in [-0.2, -0.15) is 0 Å². The summed E-state index contributed by atoms with van der Waals surface area (Å²) in [7, 11) is 1.80. The third-order valence-electron chi connectivity index (χ3n) is 3.85. The topological polar surface area (TPSA) is 49.4 Å². The summed E-state index contributed by atoms with van der Waals surface area (Å²) in [5, 5.41) is 4.76. The molecule has 0 fully saturated rings. The van der Waals surface area contributed by atoms with Crippen LogP contribution in [0.4, 0.5) is 0 Å². The molecule has 0 radical (unpaired) electrons. The fourth-order valence-corrected chi connectivity index (χ4v) is 3.09. The van der Waals surface area contributed by atoms with Crippen LogP contribution in [0.5, 0.6) is 0 Å². The summed E-state index contributed by atoms with van der Waals surface area (Å²) in [5.41, 5.74) is 1.03. The molecule has 0 aliphatic heterocycles. The number of carbonyl (C=O) groups is 2. The van der Waals surface area contributed by atoms with Crippen LogP contribution in [0.25, 0.3) is 0 Å². The van der Waals surface area contributed by atoms with Crippen LogP contribution in [0.1, 0.15) is 35.0 Å². The third kappa shape index (κ3) is 5.20. The van der Waals surface area contributed by atoms with E-state index >= 15 is 0 Å². The van der Waals surface area contributed by atoms with Gasteiger partial charge < -0.3 is 10.2 Å². The number of rotatable bonds is 8. The maximum atomic E-state index is 12.8. The molecule has 1 aromatic carbocycles. The van der Waals surface area contributed by atoms with E-state index in [1.807, 2.05) is 41.8 Å². The second-order valence-corrected chi connectivity index (χ2v) is 6.75. The smallest absolute Gasteiger partial charge is 0.262 e. The standard InChI is InChI=1S/C19H24N2O2S/c1-3-4-12-21(2)19(23)16(14-15-9-6-5-7-10-15)20-18(22)17-11-8-13-24-17/h5-11,13,16H,3-4,12,14H2,1-2H3,(H,20,22). The Labute approximate surface area is 147 Å². The number of thiophene rings is 1. The number of amides is 2. The van der Waals surface area contributed by atoms with Crippen LogP contribution in [-0.2, 0) is 11.2 Å². The Morgan fingerprint density at radius 1 is 1.17 bits per heavy atom. The molecule has 0 saturated carbocycles. The minimum absolute atomic E-state index is 0.0443. The van der Waals surface area contributed by atoms with Crippen molar-refractivity contribution in [3.8, 4) is 0 Å². The summed E-state index contributed by atoms with van der Waals surface area (Å²) in [6.45, 7) is 2.80. The SMILES string of the molecule is CCCCN(C)C(=O)C(Cc1ccccc1)NC(=O)c1cccs1. The number of carbonyl (C=O) groups excluding carboxylic acids is 2. The van der Waals surface area contributed by atoms with Crippen molar-refractivity contribution in [3.05, 3.63) is 58.3 Å². The lowest BCUT2D eigenvalue weighted by molar-refractivity contribution is -0.132. The molecule has 0 aliphatic rings. The number of hydrogen-bond acceptors (Lipinski definition) is 3. The van der Waals surface area contributed by atoms with Crippen LogP contribution in [0, 0.1) is 0 Å². The molecule has 1 aromatic heterocycles. The van der Waals surface area contributed by atoms with E-state index in [0.717, 1.165) is 18.4 Å². The van der Waals surface area contributed by atoms with Gasteiger partial charge in [0, 0.05) is 20.0 Å². The molecule has 4 nitrogen and oxygen atoms in total. The lowest BCUT2D eigenvalue weighted by atomic mass is 10.0. The number of nitrogens with one attached hydrogen (secondary N) is 1. The number of benzene rings is 1. The van der Waals surface area contributed by atoms with Crippen molar-refractivity contribution >= 4 is 23.2 Å². The molecule has 1 atom stereocenters. The van der Waals surface area contributed by atoms with E-state index in [4.69, 9.17) is 0 Å². The molecule has 0 aliphatic carbocycles. The van der Waals surface area contributed by atoms with Gasteiger partial charge in [0.2, 0.25) is 5.91 Å². The minimum atomic E-state index is -0.552. The molecule has 24 heavy (non-hydrogen) atoms. The van der Waals surface area contributed by atoms with Crippen molar-refractivity contribution in [2.75, 3.05) is 13.6 Å².